The second-order valence-corrected chi connectivity index (χ2v) is 3.29. The summed E-state index contributed by atoms with van der Waals surface area (Å²) in [4.78, 5) is 19.0. The van der Waals surface area contributed by atoms with E-state index in [0.29, 0.717) is 0 Å². The number of methoxy groups -OCH3 is 1. The van der Waals surface area contributed by atoms with Gasteiger partial charge in [-0.1, -0.05) is 6.07 Å². The molecule has 0 bridgehead atoms. The number of halogens is 1. The van der Waals surface area contributed by atoms with Crippen LogP contribution in [0.2, 0.25) is 0 Å². The number of nitrogens with zero attached hydrogens (tertiary/aromatic N) is 2. The van der Waals surface area contributed by atoms with Gasteiger partial charge in [0.25, 0.3) is 0 Å². The molecule has 0 N–H and O–H groups in total. The number of hydrogen-bond donors (Lipinski definition) is 0. The third-order valence-corrected chi connectivity index (χ3v) is 2.09. The zero-order valence-corrected chi connectivity index (χ0v) is 9.46. The summed E-state index contributed by atoms with van der Waals surface area (Å²) >= 11 is 0. The predicted molar refractivity (Wildman–Crippen MR) is 59.8 cm³/mol. The van der Waals surface area contributed by atoms with Crippen molar-refractivity contribution in [2.75, 3.05) is 7.11 Å². The highest BCUT2D eigenvalue weighted by Gasteiger charge is 2.15. The van der Waals surface area contributed by atoms with E-state index in [4.69, 9.17) is 4.74 Å². The molecule has 0 saturated carbocycles. The number of benzene rings is 1. The fourth-order valence-electron chi connectivity index (χ4n) is 1.29. The van der Waals surface area contributed by atoms with Crippen molar-refractivity contribution in [1.82, 2.24) is 9.97 Å². The van der Waals surface area contributed by atoms with E-state index in [0.717, 1.165) is 0 Å². The van der Waals surface area contributed by atoms with Crippen molar-refractivity contribution in [3.8, 4) is 11.6 Å². The molecule has 2 aromatic rings. The fraction of sp³-hybridized carbons (Fsp3) is 0.0833. The monoisotopic (exact) mass is 248 g/mol. The van der Waals surface area contributed by atoms with Crippen molar-refractivity contribution < 1.29 is 18.7 Å². The molecule has 5 nitrogen and oxygen atoms in total. The second kappa shape index (κ2) is 5.22. The first-order chi connectivity index (χ1) is 8.70. The molecule has 0 aliphatic carbocycles. The number of rotatable bonds is 3. The Morgan fingerprint density at radius 1 is 1.39 bits per heavy atom. The minimum atomic E-state index is -0.623. The molecule has 18 heavy (non-hydrogen) atoms. The van der Waals surface area contributed by atoms with Gasteiger partial charge in [-0.05, 0) is 12.1 Å². The number of esters is 1. The lowest BCUT2D eigenvalue weighted by atomic mass is 10.3. The van der Waals surface area contributed by atoms with E-state index in [2.05, 4.69) is 14.7 Å². The van der Waals surface area contributed by atoms with E-state index in [9.17, 15) is 9.18 Å². The van der Waals surface area contributed by atoms with Gasteiger partial charge in [-0.25, -0.2) is 19.2 Å². The van der Waals surface area contributed by atoms with Gasteiger partial charge < -0.3 is 9.47 Å². The van der Waals surface area contributed by atoms with E-state index in [1.54, 1.807) is 6.07 Å². The minimum Gasteiger partial charge on any atom is -0.465 e. The van der Waals surface area contributed by atoms with Gasteiger partial charge >= 0.3 is 5.97 Å². The smallest absolute Gasteiger partial charge is 0.345 e. The topological polar surface area (TPSA) is 61.3 Å². The van der Waals surface area contributed by atoms with Crippen LogP contribution in [-0.2, 0) is 4.74 Å². The van der Waals surface area contributed by atoms with Crippen LogP contribution >= 0.6 is 0 Å². The van der Waals surface area contributed by atoms with Crippen LogP contribution in [-0.4, -0.2) is 23.0 Å². The molecule has 92 valence electrons. The van der Waals surface area contributed by atoms with Crippen molar-refractivity contribution in [2.24, 2.45) is 0 Å². The lowest BCUT2D eigenvalue weighted by Crippen LogP contribution is -2.05. The first-order valence-electron chi connectivity index (χ1n) is 5.02. The molecule has 0 radical (unpaired) electrons. The molecule has 0 fully saturated rings. The number of aromatic nitrogens is 2. The summed E-state index contributed by atoms with van der Waals surface area (Å²) in [5.74, 6) is -0.815. The summed E-state index contributed by atoms with van der Waals surface area (Å²) in [5, 5.41) is 0. The van der Waals surface area contributed by atoms with Crippen molar-refractivity contribution in [3.05, 3.63) is 48.2 Å². The summed E-state index contributed by atoms with van der Waals surface area (Å²) in [6, 6.07) is 5.51. The van der Waals surface area contributed by atoms with Crippen LogP contribution < -0.4 is 4.74 Å². The van der Waals surface area contributed by atoms with Gasteiger partial charge in [-0.2, -0.15) is 0 Å². The van der Waals surface area contributed by atoms with Gasteiger partial charge in [0.2, 0.25) is 5.88 Å². The average Bonchev–Trinajstić information content (AvgIpc) is 2.38. The van der Waals surface area contributed by atoms with Crippen molar-refractivity contribution >= 4 is 5.97 Å². The van der Waals surface area contributed by atoms with E-state index >= 15 is 0 Å². The molecule has 2 rings (SSSR count). The number of hydrogen-bond acceptors (Lipinski definition) is 5. The van der Waals surface area contributed by atoms with Gasteiger partial charge in [0.1, 0.15) is 23.5 Å². The van der Waals surface area contributed by atoms with Crippen molar-refractivity contribution in [2.45, 2.75) is 0 Å². The standard InChI is InChI=1S/C12H9FN2O3/c1-17-12(16)10-6-14-7-15-11(10)18-9-4-2-3-8(13)5-9/h2-7H,1H3. The Morgan fingerprint density at radius 3 is 2.94 bits per heavy atom. The lowest BCUT2D eigenvalue weighted by molar-refractivity contribution is 0.0596. The number of ether oxygens (including phenoxy) is 2. The zero-order valence-electron chi connectivity index (χ0n) is 9.46. The van der Waals surface area contributed by atoms with E-state index < -0.39 is 11.8 Å². The van der Waals surface area contributed by atoms with E-state index in [-0.39, 0.29) is 17.2 Å². The largest absolute Gasteiger partial charge is 0.465 e. The first kappa shape index (κ1) is 12.0. The zero-order chi connectivity index (χ0) is 13.0. The molecule has 0 unspecified atom stereocenters. The molecule has 0 spiro atoms. The average molecular weight is 248 g/mol. The summed E-state index contributed by atoms with van der Waals surface area (Å²) in [6.07, 6.45) is 2.49. The Morgan fingerprint density at radius 2 is 2.22 bits per heavy atom. The van der Waals surface area contributed by atoms with Gasteiger partial charge in [-0.15, -0.1) is 0 Å². The highest BCUT2D eigenvalue weighted by atomic mass is 19.1. The van der Waals surface area contributed by atoms with Crippen LogP contribution in [0.25, 0.3) is 0 Å². The van der Waals surface area contributed by atoms with Crippen molar-refractivity contribution in [3.63, 3.8) is 0 Å². The summed E-state index contributed by atoms with van der Waals surface area (Å²) in [7, 11) is 1.24. The predicted octanol–water partition coefficient (Wildman–Crippen LogP) is 2.19. The molecule has 6 heteroatoms. The van der Waals surface area contributed by atoms with Crippen LogP contribution in [0.15, 0.2) is 36.8 Å². The maximum atomic E-state index is 13.0. The van der Waals surface area contributed by atoms with Crippen LogP contribution in [0.1, 0.15) is 10.4 Å². The fourth-order valence-corrected chi connectivity index (χ4v) is 1.29. The minimum absolute atomic E-state index is 0.0162. The van der Waals surface area contributed by atoms with Gasteiger partial charge in [0.05, 0.1) is 7.11 Å². The molecular weight excluding hydrogens is 239 g/mol. The summed E-state index contributed by atoms with van der Waals surface area (Å²) in [5.41, 5.74) is 0.0734. The molecule has 0 atom stereocenters. The lowest BCUT2D eigenvalue weighted by Gasteiger charge is -2.07. The second-order valence-electron chi connectivity index (χ2n) is 3.29. The third-order valence-electron chi connectivity index (χ3n) is 2.09. The Bertz CT molecular complexity index is 575. The molecule has 0 aliphatic rings. The molecule has 1 heterocycles. The van der Waals surface area contributed by atoms with Gasteiger partial charge in [-0.3, -0.25) is 0 Å². The molecular formula is C12H9FN2O3. The Kier molecular flexibility index (Phi) is 3.47. The Balaban J connectivity index is 2.32. The normalized spacial score (nSPS) is 9.89. The molecule has 1 aromatic heterocycles. The van der Waals surface area contributed by atoms with Crippen LogP contribution in [0, 0.1) is 5.82 Å². The highest BCUT2D eigenvalue weighted by Crippen LogP contribution is 2.23. The number of carbonyl (C=O) groups excluding carboxylic acids is 1. The van der Waals surface area contributed by atoms with Gasteiger partial charge in [0.15, 0.2) is 0 Å². The third kappa shape index (κ3) is 2.60. The summed E-state index contributed by atoms with van der Waals surface area (Å²) < 4.78 is 22.9. The molecule has 1 aromatic carbocycles. The first-order valence-corrected chi connectivity index (χ1v) is 5.02. The van der Waals surface area contributed by atoms with E-state index in [1.165, 1.54) is 37.8 Å². The molecule has 0 aliphatic heterocycles. The van der Waals surface area contributed by atoms with Crippen LogP contribution in [0.4, 0.5) is 4.39 Å². The molecule has 0 saturated heterocycles. The summed E-state index contributed by atoms with van der Waals surface area (Å²) in [6.45, 7) is 0. The number of carbonyl (C=O) groups is 1. The van der Waals surface area contributed by atoms with Gasteiger partial charge in [0, 0.05) is 12.3 Å². The highest BCUT2D eigenvalue weighted by molar-refractivity contribution is 5.91. The van der Waals surface area contributed by atoms with Crippen LogP contribution in [0.5, 0.6) is 11.6 Å². The van der Waals surface area contributed by atoms with Crippen molar-refractivity contribution in [1.29, 1.82) is 0 Å². The maximum absolute atomic E-state index is 13.0. The van der Waals surface area contributed by atoms with Crippen LogP contribution in [0.3, 0.4) is 0 Å². The molecule has 0 amide bonds. The Hall–Kier alpha value is -2.50. The SMILES string of the molecule is COC(=O)c1cncnc1Oc1cccc(F)c1. The van der Waals surface area contributed by atoms with E-state index in [1.807, 2.05) is 0 Å². The Labute approximate surface area is 102 Å². The maximum Gasteiger partial charge on any atom is 0.345 e. The quantitative estimate of drug-likeness (QED) is 0.779.